The van der Waals surface area contributed by atoms with Crippen LogP contribution in [0.4, 0.5) is 5.13 Å². The van der Waals surface area contributed by atoms with Crippen LogP contribution in [0.2, 0.25) is 0 Å². The number of ether oxygens (including phenoxy) is 2. The van der Waals surface area contributed by atoms with Crippen molar-refractivity contribution < 1.29 is 14.3 Å². The number of benzene rings is 2. The van der Waals surface area contributed by atoms with Crippen LogP contribution in [0.15, 0.2) is 48.7 Å². The van der Waals surface area contributed by atoms with E-state index in [0.717, 1.165) is 21.6 Å². The molecule has 0 radical (unpaired) electrons. The summed E-state index contributed by atoms with van der Waals surface area (Å²) in [5.41, 5.74) is 2.89. The van der Waals surface area contributed by atoms with Gasteiger partial charge in [-0.2, -0.15) is 5.10 Å². The zero-order valence-corrected chi connectivity index (χ0v) is 16.4. The molecule has 4 aromatic rings. The van der Waals surface area contributed by atoms with Crippen molar-refractivity contribution in [3.05, 3.63) is 59.9 Å². The number of nitrogens with zero attached hydrogens (tertiary/aromatic N) is 3. The van der Waals surface area contributed by atoms with Gasteiger partial charge >= 0.3 is 0 Å². The Balaban J connectivity index is 1.61. The van der Waals surface area contributed by atoms with Crippen LogP contribution in [0, 0.1) is 6.92 Å². The average Bonchev–Trinajstić information content (AvgIpc) is 3.29. The summed E-state index contributed by atoms with van der Waals surface area (Å²) in [6.45, 7) is 1.86. The Hall–Kier alpha value is -3.39. The van der Waals surface area contributed by atoms with Crippen LogP contribution in [0.1, 0.15) is 16.1 Å². The largest absolute Gasteiger partial charge is 0.493 e. The average molecular weight is 394 g/mol. The molecule has 0 unspecified atom stereocenters. The lowest BCUT2D eigenvalue weighted by atomic mass is 10.2. The first-order valence-corrected chi connectivity index (χ1v) is 9.36. The highest BCUT2D eigenvalue weighted by Crippen LogP contribution is 2.36. The Morgan fingerprint density at radius 3 is 2.54 bits per heavy atom. The van der Waals surface area contributed by atoms with Gasteiger partial charge in [-0.1, -0.05) is 29.5 Å². The molecular weight excluding hydrogens is 376 g/mol. The SMILES string of the molecule is COc1cc2nc(NC(=O)c3cnn(-c4ccccc4)c3C)sc2cc1OC. The van der Waals surface area contributed by atoms with Gasteiger partial charge in [0, 0.05) is 12.1 Å². The number of hydrogen-bond donors (Lipinski definition) is 1. The quantitative estimate of drug-likeness (QED) is 0.552. The van der Waals surface area contributed by atoms with Crippen molar-refractivity contribution in [3.8, 4) is 17.2 Å². The van der Waals surface area contributed by atoms with Gasteiger partial charge in [-0.3, -0.25) is 10.1 Å². The fraction of sp³-hybridized carbons (Fsp3) is 0.150. The molecule has 142 valence electrons. The Morgan fingerprint density at radius 1 is 1.11 bits per heavy atom. The highest BCUT2D eigenvalue weighted by molar-refractivity contribution is 7.22. The number of rotatable bonds is 5. The molecule has 7 nitrogen and oxygen atoms in total. The maximum absolute atomic E-state index is 12.8. The van der Waals surface area contributed by atoms with Crippen LogP contribution in [-0.2, 0) is 0 Å². The van der Waals surface area contributed by atoms with Crippen LogP contribution in [0.5, 0.6) is 11.5 Å². The predicted octanol–water partition coefficient (Wildman–Crippen LogP) is 4.06. The van der Waals surface area contributed by atoms with E-state index >= 15 is 0 Å². The van der Waals surface area contributed by atoms with Crippen molar-refractivity contribution in [2.24, 2.45) is 0 Å². The molecule has 1 amide bonds. The highest BCUT2D eigenvalue weighted by Gasteiger charge is 2.17. The molecule has 8 heteroatoms. The van der Waals surface area contributed by atoms with E-state index in [0.29, 0.717) is 22.2 Å². The number of amides is 1. The molecule has 1 N–H and O–H groups in total. The summed E-state index contributed by atoms with van der Waals surface area (Å²) in [4.78, 5) is 17.2. The third-order valence-electron chi connectivity index (χ3n) is 4.37. The Bertz CT molecular complexity index is 1110. The number of thiazole rings is 1. The van der Waals surface area contributed by atoms with Gasteiger partial charge in [-0.25, -0.2) is 9.67 Å². The normalized spacial score (nSPS) is 10.8. The van der Waals surface area contributed by atoms with Crippen molar-refractivity contribution in [2.45, 2.75) is 6.92 Å². The zero-order chi connectivity index (χ0) is 19.7. The molecule has 28 heavy (non-hydrogen) atoms. The summed E-state index contributed by atoms with van der Waals surface area (Å²) in [5, 5.41) is 7.71. The maximum Gasteiger partial charge on any atom is 0.260 e. The van der Waals surface area contributed by atoms with Gasteiger partial charge in [0.15, 0.2) is 16.6 Å². The summed E-state index contributed by atoms with van der Waals surface area (Å²) in [6.07, 6.45) is 1.57. The van der Waals surface area contributed by atoms with E-state index in [1.165, 1.54) is 11.3 Å². The zero-order valence-electron chi connectivity index (χ0n) is 15.6. The van der Waals surface area contributed by atoms with Crippen molar-refractivity contribution >= 4 is 32.6 Å². The van der Waals surface area contributed by atoms with Gasteiger partial charge in [0.05, 0.1) is 47.6 Å². The van der Waals surface area contributed by atoms with Gasteiger partial charge in [-0.15, -0.1) is 0 Å². The second-order valence-electron chi connectivity index (χ2n) is 6.04. The second kappa shape index (κ2) is 7.32. The minimum absolute atomic E-state index is 0.252. The standard InChI is InChI=1S/C20H18N4O3S/c1-12-14(11-21-24(12)13-7-5-4-6-8-13)19(25)23-20-22-15-9-16(26-2)17(27-3)10-18(15)28-20/h4-11H,1-3H3,(H,22,23,25). The van der Waals surface area contributed by atoms with E-state index in [1.807, 2.05) is 43.3 Å². The molecule has 0 saturated heterocycles. The van der Waals surface area contributed by atoms with E-state index in [4.69, 9.17) is 9.47 Å². The number of anilines is 1. The Kier molecular flexibility index (Phi) is 4.70. The number of nitrogens with one attached hydrogen (secondary N) is 1. The van der Waals surface area contributed by atoms with E-state index in [9.17, 15) is 4.79 Å². The molecule has 0 aliphatic carbocycles. The first-order valence-electron chi connectivity index (χ1n) is 8.54. The topological polar surface area (TPSA) is 78.3 Å². The first-order chi connectivity index (χ1) is 13.6. The van der Waals surface area contributed by atoms with E-state index in [-0.39, 0.29) is 5.91 Å². The van der Waals surface area contributed by atoms with Crippen LogP contribution in [0.25, 0.3) is 15.9 Å². The summed E-state index contributed by atoms with van der Waals surface area (Å²) >= 11 is 1.37. The van der Waals surface area contributed by atoms with Crippen molar-refractivity contribution in [3.63, 3.8) is 0 Å². The number of carbonyl (C=O) groups is 1. The summed E-state index contributed by atoms with van der Waals surface area (Å²) in [7, 11) is 3.16. The van der Waals surface area contributed by atoms with E-state index in [1.54, 1.807) is 31.2 Å². The fourth-order valence-electron chi connectivity index (χ4n) is 2.94. The summed E-state index contributed by atoms with van der Waals surface area (Å²) < 4.78 is 13.3. The van der Waals surface area contributed by atoms with E-state index in [2.05, 4.69) is 15.4 Å². The predicted molar refractivity (Wildman–Crippen MR) is 109 cm³/mol. The lowest BCUT2D eigenvalue weighted by Gasteiger charge is -2.05. The van der Waals surface area contributed by atoms with E-state index < -0.39 is 0 Å². The van der Waals surface area contributed by atoms with Gasteiger partial charge in [0.1, 0.15) is 0 Å². The number of methoxy groups -OCH3 is 2. The lowest BCUT2D eigenvalue weighted by Crippen LogP contribution is -2.12. The van der Waals surface area contributed by atoms with Crippen LogP contribution in [-0.4, -0.2) is 34.9 Å². The molecule has 2 aromatic heterocycles. The number of aromatic nitrogens is 3. The maximum atomic E-state index is 12.8. The fourth-order valence-corrected chi connectivity index (χ4v) is 3.81. The molecule has 2 aromatic carbocycles. The van der Waals surface area contributed by atoms with Gasteiger partial charge < -0.3 is 9.47 Å². The molecule has 4 rings (SSSR count). The first kappa shape index (κ1) is 18.0. The minimum Gasteiger partial charge on any atom is -0.493 e. The third kappa shape index (κ3) is 3.18. The molecule has 2 heterocycles. The molecule has 0 spiro atoms. The lowest BCUT2D eigenvalue weighted by molar-refractivity contribution is 0.102. The van der Waals surface area contributed by atoms with Crippen molar-refractivity contribution in [1.29, 1.82) is 0 Å². The molecule has 0 fully saturated rings. The second-order valence-corrected chi connectivity index (χ2v) is 7.07. The smallest absolute Gasteiger partial charge is 0.260 e. The molecule has 0 atom stereocenters. The third-order valence-corrected chi connectivity index (χ3v) is 5.30. The number of fused-ring (bicyclic) bond motifs is 1. The summed E-state index contributed by atoms with van der Waals surface area (Å²) in [6, 6.07) is 13.3. The van der Waals surface area contributed by atoms with Crippen LogP contribution < -0.4 is 14.8 Å². The Labute approximate surface area is 165 Å². The minimum atomic E-state index is -0.252. The number of hydrogen-bond acceptors (Lipinski definition) is 6. The molecule has 0 aliphatic rings. The van der Waals surface area contributed by atoms with Gasteiger partial charge in [-0.05, 0) is 19.1 Å². The highest BCUT2D eigenvalue weighted by atomic mass is 32.1. The van der Waals surface area contributed by atoms with Crippen molar-refractivity contribution in [2.75, 3.05) is 19.5 Å². The Morgan fingerprint density at radius 2 is 1.82 bits per heavy atom. The van der Waals surface area contributed by atoms with Crippen LogP contribution >= 0.6 is 11.3 Å². The van der Waals surface area contributed by atoms with Gasteiger partial charge in [0.25, 0.3) is 5.91 Å². The van der Waals surface area contributed by atoms with Crippen LogP contribution in [0.3, 0.4) is 0 Å². The number of para-hydroxylation sites is 1. The summed E-state index contributed by atoms with van der Waals surface area (Å²) in [5.74, 6) is 0.965. The molecule has 0 bridgehead atoms. The number of carbonyl (C=O) groups excluding carboxylic acids is 1. The van der Waals surface area contributed by atoms with Crippen molar-refractivity contribution in [1.82, 2.24) is 14.8 Å². The monoisotopic (exact) mass is 394 g/mol. The molecular formula is C20H18N4O3S. The van der Waals surface area contributed by atoms with Gasteiger partial charge in [0.2, 0.25) is 0 Å². The molecule has 0 aliphatic heterocycles. The molecule has 0 saturated carbocycles.